The lowest BCUT2D eigenvalue weighted by Crippen LogP contribution is -2.52. The third kappa shape index (κ3) is 3.06. The van der Waals surface area contributed by atoms with Gasteiger partial charge in [0, 0.05) is 13.0 Å². The van der Waals surface area contributed by atoms with Crippen LogP contribution in [0.5, 0.6) is 0 Å². The molecule has 0 aromatic rings. The van der Waals surface area contributed by atoms with E-state index in [0.717, 1.165) is 0 Å². The molecular formula is C10H15NO4. The van der Waals surface area contributed by atoms with E-state index < -0.39 is 12.0 Å². The first-order valence-corrected chi connectivity index (χ1v) is 4.87. The van der Waals surface area contributed by atoms with Crippen molar-refractivity contribution in [2.75, 3.05) is 19.8 Å². The highest BCUT2D eigenvalue weighted by molar-refractivity contribution is 5.84. The molecule has 1 N–H and O–H groups in total. The van der Waals surface area contributed by atoms with Crippen LogP contribution in [0, 0.1) is 0 Å². The summed E-state index contributed by atoms with van der Waals surface area (Å²) in [6.45, 7) is 4.36. The third-order valence-electron chi connectivity index (χ3n) is 2.30. The summed E-state index contributed by atoms with van der Waals surface area (Å²) in [5.74, 6) is -1.16. The van der Waals surface area contributed by atoms with E-state index in [1.807, 2.05) is 0 Å². The van der Waals surface area contributed by atoms with Crippen molar-refractivity contribution < 1.29 is 19.4 Å². The first-order chi connectivity index (χ1) is 7.16. The van der Waals surface area contributed by atoms with E-state index in [-0.39, 0.29) is 12.5 Å². The summed E-state index contributed by atoms with van der Waals surface area (Å²) in [7, 11) is 0. The Labute approximate surface area is 88.3 Å². The van der Waals surface area contributed by atoms with Gasteiger partial charge < -0.3 is 14.7 Å². The van der Waals surface area contributed by atoms with E-state index in [1.165, 1.54) is 4.90 Å². The Morgan fingerprint density at radius 2 is 2.33 bits per heavy atom. The van der Waals surface area contributed by atoms with Gasteiger partial charge in [0.15, 0.2) is 6.04 Å². The number of hydrogen-bond acceptors (Lipinski definition) is 3. The van der Waals surface area contributed by atoms with Gasteiger partial charge in [-0.05, 0) is 6.42 Å². The van der Waals surface area contributed by atoms with Crippen molar-refractivity contribution in [3.05, 3.63) is 12.7 Å². The van der Waals surface area contributed by atoms with Crippen LogP contribution in [0.25, 0.3) is 0 Å². The second kappa shape index (κ2) is 5.50. The van der Waals surface area contributed by atoms with Crippen LogP contribution in [0.4, 0.5) is 0 Å². The lowest BCUT2D eigenvalue weighted by atomic mass is 10.2. The second-order valence-electron chi connectivity index (χ2n) is 3.34. The number of amides is 1. The summed E-state index contributed by atoms with van der Waals surface area (Å²) >= 11 is 0. The lowest BCUT2D eigenvalue weighted by molar-refractivity contribution is -0.158. The minimum absolute atomic E-state index is 0.0785. The minimum Gasteiger partial charge on any atom is -0.480 e. The third-order valence-corrected chi connectivity index (χ3v) is 2.30. The van der Waals surface area contributed by atoms with Crippen LogP contribution in [-0.4, -0.2) is 47.7 Å². The smallest absolute Gasteiger partial charge is 0.328 e. The van der Waals surface area contributed by atoms with Gasteiger partial charge >= 0.3 is 5.97 Å². The van der Waals surface area contributed by atoms with E-state index in [2.05, 4.69) is 6.58 Å². The van der Waals surface area contributed by atoms with Crippen LogP contribution in [0.1, 0.15) is 12.8 Å². The molecule has 1 amide bonds. The highest BCUT2D eigenvalue weighted by Crippen LogP contribution is 2.10. The molecule has 0 saturated carbocycles. The van der Waals surface area contributed by atoms with E-state index in [0.29, 0.717) is 26.0 Å². The fourth-order valence-electron chi connectivity index (χ4n) is 1.48. The van der Waals surface area contributed by atoms with Gasteiger partial charge in [0.05, 0.1) is 13.2 Å². The number of carboxylic acid groups (broad SMARTS) is 1. The zero-order chi connectivity index (χ0) is 11.3. The van der Waals surface area contributed by atoms with Gasteiger partial charge in [-0.1, -0.05) is 6.08 Å². The number of carboxylic acids is 1. The Morgan fingerprint density at radius 1 is 1.60 bits per heavy atom. The Balaban J connectivity index is 2.58. The number of aliphatic carboxylic acids is 1. The van der Waals surface area contributed by atoms with Crippen molar-refractivity contribution in [3.63, 3.8) is 0 Å². The van der Waals surface area contributed by atoms with E-state index in [1.54, 1.807) is 6.08 Å². The highest BCUT2D eigenvalue weighted by Gasteiger charge is 2.31. The SMILES string of the molecule is C=CCCC(=O)N1CCOCC1C(=O)O. The zero-order valence-corrected chi connectivity index (χ0v) is 8.52. The molecule has 0 aromatic heterocycles. The first-order valence-electron chi connectivity index (χ1n) is 4.87. The number of hydrogen-bond donors (Lipinski definition) is 1. The van der Waals surface area contributed by atoms with Gasteiger partial charge in [0.25, 0.3) is 0 Å². The molecule has 15 heavy (non-hydrogen) atoms. The molecular weight excluding hydrogens is 198 g/mol. The molecule has 84 valence electrons. The van der Waals surface area contributed by atoms with Crippen molar-refractivity contribution in [1.29, 1.82) is 0 Å². The average molecular weight is 213 g/mol. The summed E-state index contributed by atoms with van der Waals surface area (Å²) in [5, 5.41) is 8.89. The maximum atomic E-state index is 11.6. The molecule has 5 heteroatoms. The Bertz CT molecular complexity index is 264. The number of rotatable bonds is 4. The van der Waals surface area contributed by atoms with Gasteiger partial charge in [0.2, 0.25) is 5.91 Å². The maximum absolute atomic E-state index is 11.6. The molecule has 1 heterocycles. The molecule has 1 saturated heterocycles. The van der Waals surface area contributed by atoms with E-state index in [9.17, 15) is 9.59 Å². The fourth-order valence-corrected chi connectivity index (χ4v) is 1.48. The topological polar surface area (TPSA) is 66.8 Å². The van der Waals surface area contributed by atoms with Crippen molar-refractivity contribution in [2.24, 2.45) is 0 Å². The lowest BCUT2D eigenvalue weighted by Gasteiger charge is -2.32. The fraction of sp³-hybridized carbons (Fsp3) is 0.600. The molecule has 1 atom stereocenters. The van der Waals surface area contributed by atoms with Gasteiger partial charge in [-0.15, -0.1) is 6.58 Å². The Morgan fingerprint density at radius 3 is 2.93 bits per heavy atom. The number of morpholine rings is 1. The van der Waals surface area contributed by atoms with Crippen molar-refractivity contribution >= 4 is 11.9 Å². The first kappa shape index (κ1) is 11.7. The predicted molar refractivity (Wildman–Crippen MR) is 53.4 cm³/mol. The molecule has 5 nitrogen and oxygen atoms in total. The predicted octanol–water partition coefficient (Wildman–Crippen LogP) is 0.265. The molecule has 1 fully saturated rings. The number of carbonyl (C=O) groups is 2. The monoisotopic (exact) mass is 213 g/mol. The summed E-state index contributed by atoms with van der Waals surface area (Å²) in [6, 6.07) is -0.837. The molecule has 0 spiro atoms. The maximum Gasteiger partial charge on any atom is 0.328 e. The van der Waals surface area contributed by atoms with Crippen LogP contribution in [0.3, 0.4) is 0 Å². The molecule has 1 rings (SSSR count). The minimum atomic E-state index is -1.01. The summed E-state index contributed by atoms with van der Waals surface area (Å²) in [6.07, 6.45) is 2.53. The molecule has 1 aliphatic heterocycles. The number of nitrogens with zero attached hydrogens (tertiary/aromatic N) is 1. The van der Waals surface area contributed by atoms with Crippen LogP contribution < -0.4 is 0 Å². The van der Waals surface area contributed by atoms with Gasteiger partial charge in [-0.3, -0.25) is 4.79 Å². The van der Waals surface area contributed by atoms with Crippen LogP contribution >= 0.6 is 0 Å². The Hall–Kier alpha value is -1.36. The van der Waals surface area contributed by atoms with Gasteiger partial charge in [0.1, 0.15) is 0 Å². The number of ether oxygens (including phenoxy) is 1. The van der Waals surface area contributed by atoms with Crippen molar-refractivity contribution in [1.82, 2.24) is 4.90 Å². The standard InChI is InChI=1S/C10H15NO4/c1-2-3-4-9(12)11-5-6-15-7-8(11)10(13)14/h2,8H,1,3-7H2,(H,13,14). The molecule has 0 aliphatic carbocycles. The molecule has 1 aliphatic rings. The molecule has 0 bridgehead atoms. The summed E-state index contributed by atoms with van der Waals surface area (Å²) < 4.78 is 5.03. The van der Waals surface area contributed by atoms with E-state index >= 15 is 0 Å². The van der Waals surface area contributed by atoms with E-state index in [4.69, 9.17) is 9.84 Å². The van der Waals surface area contributed by atoms with Gasteiger partial charge in [-0.2, -0.15) is 0 Å². The van der Waals surface area contributed by atoms with Crippen molar-refractivity contribution in [3.8, 4) is 0 Å². The molecule has 0 radical (unpaired) electrons. The van der Waals surface area contributed by atoms with Gasteiger partial charge in [-0.25, -0.2) is 4.79 Å². The summed E-state index contributed by atoms with van der Waals surface area (Å²) in [5.41, 5.74) is 0. The highest BCUT2D eigenvalue weighted by atomic mass is 16.5. The molecule has 0 aromatic carbocycles. The van der Waals surface area contributed by atoms with Crippen LogP contribution in [0.15, 0.2) is 12.7 Å². The quantitative estimate of drug-likeness (QED) is 0.680. The largest absolute Gasteiger partial charge is 0.480 e. The number of allylic oxidation sites excluding steroid dienone is 1. The summed E-state index contributed by atoms with van der Waals surface area (Å²) in [4.78, 5) is 23.9. The zero-order valence-electron chi connectivity index (χ0n) is 8.52. The Kier molecular flexibility index (Phi) is 4.30. The number of carbonyl (C=O) groups excluding carboxylic acids is 1. The second-order valence-corrected chi connectivity index (χ2v) is 3.34. The van der Waals surface area contributed by atoms with Crippen LogP contribution in [-0.2, 0) is 14.3 Å². The molecule has 1 unspecified atom stereocenters. The average Bonchev–Trinajstić information content (AvgIpc) is 2.25. The van der Waals surface area contributed by atoms with Crippen molar-refractivity contribution in [2.45, 2.75) is 18.9 Å². The van der Waals surface area contributed by atoms with Crippen LogP contribution in [0.2, 0.25) is 0 Å². The normalized spacial score (nSPS) is 21.1.